The molecule has 0 atom stereocenters. The molecule has 9 aromatic carbocycles. The first-order chi connectivity index (χ1) is 24.3. The lowest BCUT2D eigenvalue weighted by Crippen LogP contribution is -1.92. The summed E-state index contributed by atoms with van der Waals surface area (Å²) in [5.74, 6) is 0. The van der Waals surface area contributed by atoms with E-state index in [-0.39, 0.29) is 0 Å². The van der Waals surface area contributed by atoms with Crippen LogP contribution in [0.1, 0.15) is 0 Å². The normalized spacial score (nSPS) is 11.7. The standard InChI is InChI=1S/C48H31N/c1-3-15-33(16-4-1)47-43-29-41-42(30-44(43)49-48(47)34-17-5-2-6-18-34)46(38-26-24-32-14-8-10-20-36(32)28-38)40-22-12-11-21-39(40)45(41)37-25-23-31-13-7-9-19-35(31)27-37/h1-30,49H. The molecule has 0 fully saturated rings. The van der Waals surface area contributed by atoms with E-state index < -0.39 is 0 Å². The molecule has 1 heteroatoms. The minimum absolute atomic E-state index is 1.13. The van der Waals surface area contributed by atoms with Crippen molar-refractivity contribution >= 4 is 54.0 Å². The van der Waals surface area contributed by atoms with Gasteiger partial charge >= 0.3 is 0 Å². The number of fused-ring (bicyclic) bond motifs is 5. The quantitative estimate of drug-likeness (QED) is 0.188. The Balaban J connectivity index is 1.39. The van der Waals surface area contributed by atoms with E-state index in [0.717, 1.165) is 11.2 Å². The fourth-order valence-corrected chi connectivity index (χ4v) is 7.90. The number of aromatic amines is 1. The van der Waals surface area contributed by atoms with Crippen LogP contribution in [0.2, 0.25) is 0 Å². The van der Waals surface area contributed by atoms with E-state index in [2.05, 4.69) is 187 Å². The van der Waals surface area contributed by atoms with Gasteiger partial charge < -0.3 is 4.98 Å². The smallest absolute Gasteiger partial charge is 0.0544 e. The number of aromatic nitrogens is 1. The third kappa shape index (κ3) is 4.47. The van der Waals surface area contributed by atoms with Crippen LogP contribution in [0.15, 0.2) is 182 Å². The second-order valence-corrected chi connectivity index (χ2v) is 13.0. The first-order valence-electron chi connectivity index (χ1n) is 16.9. The first kappa shape index (κ1) is 27.7. The zero-order valence-corrected chi connectivity index (χ0v) is 26.8. The molecule has 0 aliphatic rings. The minimum Gasteiger partial charge on any atom is -0.354 e. The number of rotatable bonds is 4. The summed E-state index contributed by atoms with van der Waals surface area (Å²) in [6, 6.07) is 66.5. The third-order valence-electron chi connectivity index (χ3n) is 10.1. The van der Waals surface area contributed by atoms with Crippen LogP contribution in [-0.2, 0) is 0 Å². The lowest BCUT2D eigenvalue weighted by Gasteiger charge is -2.19. The number of H-pyrrole nitrogens is 1. The van der Waals surface area contributed by atoms with E-state index in [9.17, 15) is 0 Å². The Kier molecular flexibility index (Phi) is 6.25. The summed E-state index contributed by atoms with van der Waals surface area (Å²) < 4.78 is 0. The zero-order valence-electron chi connectivity index (χ0n) is 26.8. The maximum absolute atomic E-state index is 3.91. The number of hydrogen-bond acceptors (Lipinski definition) is 0. The van der Waals surface area contributed by atoms with Crippen LogP contribution >= 0.6 is 0 Å². The van der Waals surface area contributed by atoms with Crippen molar-refractivity contribution in [2.45, 2.75) is 0 Å². The van der Waals surface area contributed by atoms with Gasteiger partial charge in [-0.05, 0) is 101 Å². The fraction of sp³-hybridized carbons (Fsp3) is 0. The molecule has 1 aromatic heterocycles. The van der Waals surface area contributed by atoms with E-state index in [1.54, 1.807) is 0 Å². The highest BCUT2D eigenvalue weighted by atomic mass is 14.7. The van der Waals surface area contributed by atoms with Crippen LogP contribution in [0, 0.1) is 0 Å². The summed E-state index contributed by atoms with van der Waals surface area (Å²) in [6.45, 7) is 0. The van der Waals surface area contributed by atoms with Crippen LogP contribution in [-0.4, -0.2) is 4.98 Å². The molecule has 10 rings (SSSR count). The molecule has 0 saturated heterocycles. The summed E-state index contributed by atoms with van der Waals surface area (Å²) in [5, 5.41) is 11.2. The second-order valence-electron chi connectivity index (χ2n) is 13.0. The molecule has 1 heterocycles. The molecule has 0 amide bonds. The van der Waals surface area contributed by atoms with Crippen LogP contribution in [0.4, 0.5) is 0 Å². The lowest BCUT2D eigenvalue weighted by molar-refractivity contribution is 1.45. The molecule has 0 spiro atoms. The Bertz CT molecular complexity index is 2860. The van der Waals surface area contributed by atoms with Gasteiger partial charge in [0.15, 0.2) is 0 Å². The maximum atomic E-state index is 3.91. The summed E-state index contributed by atoms with van der Waals surface area (Å²) in [7, 11) is 0. The Morgan fingerprint density at radius 3 is 1.31 bits per heavy atom. The van der Waals surface area contributed by atoms with Crippen molar-refractivity contribution in [1.82, 2.24) is 4.98 Å². The van der Waals surface area contributed by atoms with Crippen LogP contribution in [0.5, 0.6) is 0 Å². The average Bonchev–Trinajstić information content (AvgIpc) is 3.55. The monoisotopic (exact) mass is 621 g/mol. The van der Waals surface area contributed by atoms with E-state index >= 15 is 0 Å². The molecule has 1 nitrogen and oxygen atoms in total. The van der Waals surface area contributed by atoms with Crippen molar-refractivity contribution in [3.05, 3.63) is 182 Å². The van der Waals surface area contributed by atoms with Gasteiger partial charge in [-0.3, -0.25) is 0 Å². The van der Waals surface area contributed by atoms with Gasteiger partial charge in [-0.25, -0.2) is 0 Å². The van der Waals surface area contributed by atoms with Crippen molar-refractivity contribution in [3.63, 3.8) is 0 Å². The van der Waals surface area contributed by atoms with Crippen LogP contribution in [0.25, 0.3) is 98.6 Å². The Labute approximate surface area is 284 Å². The highest BCUT2D eigenvalue weighted by Crippen LogP contribution is 2.48. The summed E-state index contributed by atoms with van der Waals surface area (Å²) in [6.07, 6.45) is 0. The molecule has 0 aliphatic carbocycles. The largest absolute Gasteiger partial charge is 0.354 e. The Hall–Kier alpha value is -6.44. The predicted octanol–water partition coefficient (Wildman–Crippen LogP) is 13.4. The van der Waals surface area contributed by atoms with Gasteiger partial charge in [-0.2, -0.15) is 0 Å². The summed E-state index contributed by atoms with van der Waals surface area (Å²) >= 11 is 0. The molecule has 49 heavy (non-hydrogen) atoms. The molecule has 10 aromatic rings. The van der Waals surface area contributed by atoms with Crippen molar-refractivity contribution < 1.29 is 0 Å². The second kappa shape index (κ2) is 11.1. The third-order valence-corrected chi connectivity index (χ3v) is 10.1. The van der Waals surface area contributed by atoms with E-state index in [1.165, 1.54) is 87.4 Å². The highest BCUT2D eigenvalue weighted by Gasteiger charge is 2.21. The number of hydrogen-bond donors (Lipinski definition) is 1. The zero-order chi connectivity index (χ0) is 32.3. The molecule has 228 valence electrons. The first-order valence-corrected chi connectivity index (χ1v) is 16.9. The van der Waals surface area contributed by atoms with E-state index in [1.807, 2.05) is 0 Å². The average molecular weight is 622 g/mol. The van der Waals surface area contributed by atoms with Gasteiger partial charge in [0.1, 0.15) is 0 Å². The molecule has 0 bridgehead atoms. The van der Waals surface area contributed by atoms with Crippen LogP contribution < -0.4 is 0 Å². The van der Waals surface area contributed by atoms with E-state index in [4.69, 9.17) is 0 Å². The van der Waals surface area contributed by atoms with Gasteiger partial charge in [-0.15, -0.1) is 0 Å². The molecule has 0 unspecified atom stereocenters. The summed E-state index contributed by atoms with van der Waals surface area (Å²) in [5.41, 5.74) is 10.9. The summed E-state index contributed by atoms with van der Waals surface area (Å²) in [4.78, 5) is 3.91. The van der Waals surface area contributed by atoms with Crippen LogP contribution in [0.3, 0.4) is 0 Å². The maximum Gasteiger partial charge on any atom is 0.0544 e. The van der Waals surface area contributed by atoms with Gasteiger partial charge in [-0.1, -0.05) is 158 Å². The van der Waals surface area contributed by atoms with Crippen molar-refractivity contribution in [2.75, 3.05) is 0 Å². The molecule has 0 radical (unpaired) electrons. The van der Waals surface area contributed by atoms with E-state index in [0.29, 0.717) is 0 Å². The topological polar surface area (TPSA) is 15.8 Å². The fourth-order valence-electron chi connectivity index (χ4n) is 7.90. The van der Waals surface area contributed by atoms with Gasteiger partial charge in [0, 0.05) is 16.5 Å². The molecular formula is C48H31N. The van der Waals surface area contributed by atoms with Gasteiger partial charge in [0.2, 0.25) is 0 Å². The SMILES string of the molecule is c1ccc(-c2[nH]c3cc4c(-c5ccc6ccccc6c5)c5ccccc5c(-c5ccc6ccccc6c5)c4cc3c2-c2ccccc2)cc1. The number of nitrogens with one attached hydrogen (secondary N) is 1. The molecular weight excluding hydrogens is 591 g/mol. The van der Waals surface area contributed by atoms with Gasteiger partial charge in [0.05, 0.1) is 5.69 Å². The molecule has 0 saturated carbocycles. The molecule has 0 aliphatic heterocycles. The minimum atomic E-state index is 1.13. The van der Waals surface area contributed by atoms with Crippen molar-refractivity contribution in [2.24, 2.45) is 0 Å². The predicted molar refractivity (Wildman–Crippen MR) is 210 cm³/mol. The van der Waals surface area contributed by atoms with Crippen molar-refractivity contribution in [3.8, 4) is 44.6 Å². The Morgan fingerprint density at radius 2 is 0.735 bits per heavy atom. The molecule has 1 N–H and O–H groups in total. The van der Waals surface area contributed by atoms with Gasteiger partial charge in [0.25, 0.3) is 0 Å². The highest BCUT2D eigenvalue weighted by molar-refractivity contribution is 6.25. The van der Waals surface area contributed by atoms with Crippen molar-refractivity contribution in [1.29, 1.82) is 0 Å². The Morgan fingerprint density at radius 1 is 0.265 bits per heavy atom. The number of benzene rings is 9. The lowest BCUT2D eigenvalue weighted by atomic mass is 9.84.